The zero-order chi connectivity index (χ0) is 21.1. The summed E-state index contributed by atoms with van der Waals surface area (Å²) in [6.45, 7) is 6.53. The number of carboxylic acids is 1. The first-order valence-corrected chi connectivity index (χ1v) is 9.90. The third kappa shape index (κ3) is 4.01. The van der Waals surface area contributed by atoms with Crippen LogP contribution < -0.4 is 10.2 Å². The highest BCUT2D eigenvalue weighted by atomic mass is 16.5. The van der Waals surface area contributed by atoms with Gasteiger partial charge in [-0.3, -0.25) is 9.48 Å². The lowest BCUT2D eigenvalue weighted by atomic mass is 10.1. The number of ether oxygens (including phenoxy) is 1. The zero-order valence-corrected chi connectivity index (χ0v) is 16.9. The first kappa shape index (κ1) is 20.0. The molecular weight excluding hydrogens is 388 g/mol. The number of carboxylic acid groups (broad SMARTS) is 1. The fraction of sp³-hybridized carbons (Fsp3) is 0.474. The number of nitrogens with zero attached hydrogens (tertiary/aromatic N) is 7. The number of aliphatic carboxylic acids is 1. The van der Waals surface area contributed by atoms with Gasteiger partial charge >= 0.3 is 5.97 Å². The summed E-state index contributed by atoms with van der Waals surface area (Å²) in [7, 11) is 0. The van der Waals surface area contributed by atoms with Crippen LogP contribution in [0.15, 0.2) is 18.6 Å². The highest BCUT2D eigenvalue weighted by Crippen LogP contribution is 2.30. The van der Waals surface area contributed by atoms with Crippen LogP contribution in [0.4, 0.5) is 17.6 Å². The highest BCUT2D eigenvalue weighted by Gasteiger charge is 2.30. The molecule has 11 nitrogen and oxygen atoms in total. The van der Waals surface area contributed by atoms with Crippen LogP contribution in [-0.2, 0) is 16.1 Å². The lowest BCUT2D eigenvalue weighted by Gasteiger charge is -2.17. The molecule has 2 N–H and O–H groups in total. The first-order chi connectivity index (χ1) is 14.6. The van der Waals surface area contributed by atoms with Crippen molar-refractivity contribution in [3.8, 4) is 0 Å². The molecule has 0 amide bonds. The second-order valence-electron chi connectivity index (χ2n) is 7.06. The normalized spacial score (nSPS) is 16.3. The maximum atomic E-state index is 11.4. The molecule has 158 valence electrons. The minimum absolute atomic E-state index is 0.380. The van der Waals surface area contributed by atoms with E-state index in [1.807, 2.05) is 23.4 Å². The Bertz CT molecular complexity index is 1040. The van der Waals surface area contributed by atoms with Crippen LogP contribution in [0.1, 0.15) is 19.0 Å². The molecule has 30 heavy (non-hydrogen) atoms. The molecule has 0 unspecified atom stereocenters. The second kappa shape index (κ2) is 8.57. The highest BCUT2D eigenvalue weighted by molar-refractivity contribution is 5.90. The number of anilines is 3. The van der Waals surface area contributed by atoms with Crippen LogP contribution in [0, 0.1) is 12.8 Å². The van der Waals surface area contributed by atoms with Crippen LogP contribution in [-0.4, -0.2) is 67.1 Å². The van der Waals surface area contributed by atoms with Crippen molar-refractivity contribution in [1.29, 1.82) is 0 Å². The monoisotopic (exact) mass is 412 g/mol. The van der Waals surface area contributed by atoms with E-state index in [2.05, 4.69) is 20.4 Å². The Morgan fingerprint density at radius 3 is 2.97 bits per heavy atom. The van der Waals surface area contributed by atoms with E-state index in [4.69, 9.17) is 14.7 Å². The number of hydrogen-bond donors (Lipinski definition) is 2. The first-order valence-electron chi connectivity index (χ1n) is 9.90. The number of fused-ring (bicyclic) bond motifs is 1. The third-order valence-corrected chi connectivity index (χ3v) is 5.04. The Hall–Kier alpha value is -3.34. The van der Waals surface area contributed by atoms with E-state index in [-0.39, 0.29) is 0 Å². The molecule has 0 saturated carbocycles. The van der Waals surface area contributed by atoms with Crippen LogP contribution >= 0.6 is 0 Å². The number of aryl methyl sites for hydroxylation is 1. The van der Waals surface area contributed by atoms with E-state index in [0.717, 1.165) is 11.2 Å². The number of aromatic nitrogens is 6. The fourth-order valence-electron chi connectivity index (χ4n) is 3.53. The van der Waals surface area contributed by atoms with Gasteiger partial charge in [-0.15, -0.1) is 0 Å². The van der Waals surface area contributed by atoms with Crippen LogP contribution in [0.5, 0.6) is 0 Å². The van der Waals surface area contributed by atoms with E-state index in [1.54, 1.807) is 12.3 Å². The standard InChI is InChI=1S/C19H24N8O3/c1-3-30-9-8-27-16-15(12(2)25-27)23-19(26-7-5-13(10-26)18(28)29)24-17(16)22-14-4-6-20-11-21-14/h4,6,11,13H,3,5,7-10H2,1-2H3,(H,28,29)(H,20,21,22,23,24)/t13-/m0/s1. The van der Waals surface area contributed by atoms with Crippen molar-refractivity contribution in [2.24, 2.45) is 5.92 Å². The maximum Gasteiger partial charge on any atom is 0.308 e. The van der Waals surface area contributed by atoms with Gasteiger partial charge in [-0.25, -0.2) is 15.0 Å². The number of carbonyl (C=O) groups is 1. The molecule has 1 aliphatic heterocycles. The van der Waals surface area contributed by atoms with Gasteiger partial charge < -0.3 is 20.1 Å². The van der Waals surface area contributed by atoms with Crippen molar-refractivity contribution in [2.45, 2.75) is 26.8 Å². The summed E-state index contributed by atoms with van der Waals surface area (Å²) in [5, 5.41) is 17.2. The summed E-state index contributed by atoms with van der Waals surface area (Å²) in [5.41, 5.74) is 2.24. The molecule has 3 aromatic heterocycles. The van der Waals surface area contributed by atoms with Gasteiger partial charge in [0.2, 0.25) is 5.95 Å². The Balaban J connectivity index is 1.76. The van der Waals surface area contributed by atoms with Crippen LogP contribution in [0.3, 0.4) is 0 Å². The van der Waals surface area contributed by atoms with E-state index in [0.29, 0.717) is 62.4 Å². The van der Waals surface area contributed by atoms with Gasteiger partial charge in [0.1, 0.15) is 23.2 Å². The predicted octanol–water partition coefficient (Wildman–Crippen LogP) is 1.62. The van der Waals surface area contributed by atoms with Crippen LogP contribution in [0.2, 0.25) is 0 Å². The Labute approximate surface area is 173 Å². The SMILES string of the molecule is CCOCCn1nc(C)c2nc(N3CC[C@H](C(=O)O)C3)nc(Nc3ccncn3)c21. The summed E-state index contributed by atoms with van der Waals surface area (Å²) in [5.74, 6) is 0.422. The third-order valence-electron chi connectivity index (χ3n) is 5.04. The summed E-state index contributed by atoms with van der Waals surface area (Å²) in [6.07, 6.45) is 3.67. The second-order valence-corrected chi connectivity index (χ2v) is 7.06. The van der Waals surface area contributed by atoms with Crippen molar-refractivity contribution in [3.63, 3.8) is 0 Å². The van der Waals surface area contributed by atoms with E-state index in [1.165, 1.54) is 6.33 Å². The predicted molar refractivity (Wildman–Crippen MR) is 110 cm³/mol. The molecule has 11 heteroatoms. The van der Waals surface area contributed by atoms with Crippen molar-refractivity contribution in [3.05, 3.63) is 24.3 Å². The maximum absolute atomic E-state index is 11.4. The molecule has 1 fully saturated rings. The summed E-state index contributed by atoms with van der Waals surface area (Å²) in [6, 6.07) is 1.75. The average molecular weight is 412 g/mol. The van der Waals surface area contributed by atoms with Gasteiger partial charge in [0.25, 0.3) is 0 Å². The van der Waals surface area contributed by atoms with Gasteiger partial charge in [0.15, 0.2) is 5.82 Å². The molecule has 1 atom stereocenters. The van der Waals surface area contributed by atoms with E-state index >= 15 is 0 Å². The molecular formula is C19H24N8O3. The lowest BCUT2D eigenvalue weighted by molar-refractivity contribution is -0.140. The van der Waals surface area contributed by atoms with Gasteiger partial charge in [0.05, 0.1) is 24.8 Å². The van der Waals surface area contributed by atoms with Crippen molar-refractivity contribution >= 4 is 34.6 Å². The largest absolute Gasteiger partial charge is 0.481 e. The van der Waals surface area contributed by atoms with Gasteiger partial charge in [0, 0.05) is 25.9 Å². The molecule has 0 aliphatic carbocycles. The minimum Gasteiger partial charge on any atom is -0.481 e. The topological polar surface area (TPSA) is 131 Å². The lowest BCUT2D eigenvalue weighted by Crippen LogP contribution is -2.24. The van der Waals surface area contributed by atoms with Crippen LogP contribution in [0.25, 0.3) is 11.0 Å². The number of rotatable bonds is 8. The Morgan fingerprint density at radius 2 is 2.27 bits per heavy atom. The van der Waals surface area contributed by atoms with E-state index < -0.39 is 11.9 Å². The molecule has 3 aromatic rings. The van der Waals surface area contributed by atoms with Crippen molar-refractivity contribution in [1.82, 2.24) is 29.7 Å². The summed E-state index contributed by atoms with van der Waals surface area (Å²) in [4.78, 5) is 30.9. The smallest absolute Gasteiger partial charge is 0.308 e. The average Bonchev–Trinajstić information content (AvgIpc) is 3.35. The number of hydrogen-bond acceptors (Lipinski definition) is 9. The molecule has 4 rings (SSSR count). The van der Waals surface area contributed by atoms with Crippen molar-refractivity contribution < 1.29 is 14.6 Å². The van der Waals surface area contributed by atoms with Crippen molar-refractivity contribution in [2.75, 3.05) is 36.5 Å². The van der Waals surface area contributed by atoms with Gasteiger partial charge in [-0.05, 0) is 26.3 Å². The summed E-state index contributed by atoms with van der Waals surface area (Å²) >= 11 is 0. The van der Waals surface area contributed by atoms with Gasteiger partial charge in [-0.1, -0.05) is 0 Å². The molecule has 4 heterocycles. The molecule has 0 aromatic carbocycles. The fourth-order valence-corrected chi connectivity index (χ4v) is 3.53. The Kier molecular flexibility index (Phi) is 5.70. The molecule has 1 saturated heterocycles. The quantitative estimate of drug-likeness (QED) is 0.526. The Morgan fingerprint density at radius 1 is 1.40 bits per heavy atom. The molecule has 0 spiro atoms. The number of nitrogens with one attached hydrogen (secondary N) is 1. The van der Waals surface area contributed by atoms with Gasteiger partial charge in [-0.2, -0.15) is 10.1 Å². The molecule has 0 bridgehead atoms. The molecule has 0 radical (unpaired) electrons. The minimum atomic E-state index is -0.794. The zero-order valence-electron chi connectivity index (χ0n) is 16.9. The summed E-state index contributed by atoms with van der Waals surface area (Å²) < 4.78 is 7.32. The molecule has 1 aliphatic rings. The van der Waals surface area contributed by atoms with E-state index in [9.17, 15) is 9.90 Å².